The maximum Gasteiger partial charge on any atom is 0.267 e. The van der Waals surface area contributed by atoms with Crippen LogP contribution in [0.2, 0.25) is 0 Å². The van der Waals surface area contributed by atoms with Gasteiger partial charge in [0.1, 0.15) is 11.6 Å². The summed E-state index contributed by atoms with van der Waals surface area (Å²) in [5.41, 5.74) is 1.41. The lowest BCUT2D eigenvalue weighted by atomic mass is 10.1. The zero-order chi connectivity index (χ0) is 19.0. The molecule has 0 saturated carbocycles. The largest absolute Gasteiger partial charge is 0.389 e. The van der Waals surface area contributed by atoms with Crippen molar-refractivity contribution in [1.29, 1.82) is 5.26 Å². The molecule has 0 fully saturated rings. The van der Waals surface area contributed by atoms with Crippen LogP contribution in [0.5, 0.6) is 0 Å². The van der Waals surface area contributed by atoms with Crippen molar-refractivity contribution in [1.82, 2.24) is 5.32 Å². The summed E-state index contributed by atoms with van der Waals surface area (Å²) in [7, 11) is -3.79. The van der Waals surface area contributed by atoms with Gasteiger partial charge in [-0.1, -0.05) is 30.3 Å². The quantitative estimate of drug-likeness (QED) is 0.387. The van der Waals surface area contributed by atoms with E-state index in [9.17, 15) is 13.2 Å². The minimum atomic E-state index is -3.79. The van der Waals surface area contributed by atoms with Gasteiger partial charge < -0.3 is 10.6 Å². The third kappa shape index (κ3) is 5.73. The van der Waals surface area contributed by atoms with Gasteiger partial charge in [0, 0.05) is 18.4 Å². The molecule has 0 aliphatic carbocycles. The molecule has 0 aliphatic rings. The molecule has 0 saturated heterocycles. The van der Waals surface area contributed by atoms with Crippen LogP contribution < -0.4 is 15.8 Å². The molecule has 7 nitrogen and oxygen atoms in total. The number of nitrogens with two attached hydrogens (primary N) is 1. The monoisotopic (exact) mass is 370 g/mol. The van der Waals surface area contributed by atoms with E-state index >= 15 is 0 Å². The van der Waals surface area contributed by atoms with Crippen LogP contribution in [0.15, 0.2) is 71.3 Å². The van der Waals surface area contributed by atoms with Gasteiger partial charge in [0.05, 0.1) is 4.90 Å². The Balaban J connectivity index is 1.92. The standard InChI is InChI=1S/C18H18N4O3S/c19-12-15(13-21-11-10-14-4-2-1-3-5-14)18(23)22-16-6-8-17(9-7-16)26(20,24)25/h1-9,13,21H,10-11H2,(H,22,23)(H2,20,24,25)/b15-13-. The van der Waals surface area contributed by atoms with Crippen LogP contribution in [-0.2, 0) is 21.2 Å². The lowest BCUT2D eigenvalue weighted by molar-refractivity contribution is -0.112. The Hall–Kier alpha value is -3.15. The summed E-state index contributed by atoms with van der Waals surface area (Å²) >= 11 is 0. The number of amides is 1. The third-order valence-electron chi connectivity index (χ3n) is 3.45. The van der Waals surface area contributed by atoms with Gasteiger partial charge >= 0.3 is 0 Å². The van der Waals surface area contributed by atoms with Crippen molar-refractivity contribution in [2.24, 2.45) is 5.14 Å². The van der Waals surface area contributed by atoms with Crippen molar-refractivity contribution in [3.05, 3.63) is 71.9 Å². The maximum atomic E-state index is 12.1. The summed E-state index contributed by atoms with van der Waals surface area (Å²) in [4.78, 5) is 12.0. The number of carbonyl (C=O) groups excluding carboxylic acids is 1. The molecular formula is C18H18N4O3S. The van der Waals surface area contributed by atoms with E-state index in [2.05, 4.69) is 10.6 Å². The lowest BCUT2D eigenvalue weighted by Gasteiger charge is -2.06. The number of nitrogens with zero attached hydrogens (tertiary/aromatic N) is 1. The number of anilines is 1. The number of benzene rings is 2. The first-order valence-corrected chi connectivity index (χ1v) is 9.26. The smallest absolute Gasteiger partial charge is 0.267 e. The van der Waals surface area contributed by atoms with E-state index in [0.717, 1.165) is 12.0 Å². The molecule has 4 N–H and O–H groups in total. The zero-order valence-electron chi connectivity index (χ0n) is 13.8. The molecular weight excluding hydrogens is 352 g/mol. The van der Waals surface area contributed by atoms with E-state index in [-0.39, 0.29) is 10.5 Å². The Labute approximate surface area is 152 Å². The molecule has 0 heterocycles. The average molecular weight is 370 g/mol. The van der Waals surface area contributed by atoms with Crippen molar-refractivity contribution in [2.75, 3.05) is 11.9 Å². The highest BCUT2D eigenvalue weighted by atomic mass is 32.2. The van der Waals surface area contributed by atoms with Gasteiger partial charge in [-0.15, -0.1) is 0 Å². The molecule has 0 bridgehead atoms. The Morgan fingerprint density at radius 2 is 1.77 bits per heavy atom. The molecule has 1 amide bonds. The summed E-state index contributed by atoms with van der Waals surface area (Å²) in [5.74, 6) is -0.594. The Kier molecular flexibility index (Phi) is 6.49. The predicted molar refractivity (Wildman–Crippen MR) is 98.3 cm³/mol. The maximum absolute atomic E-state index is 12.1. The van der Waals surface area contributed by atoms with E-state index in [1.165, 1.54) is 30.5 Å². The molecule has 0 unspecified atom stereocenters. The fraction of sp³-hybridized carbons (Fsp3) is 0.111. The van der Waals surface area contributed by atoms with E-state index in [1.54, 1.807) is 0 Å². The molecule has 0 radical (unpaired) electrons. The molecule has 134 valence electrons. The van der Waals surface area contributed by atoms with Crippen LogP contribution in [0.3, 0.4) is 0 Å². The second kappa shape index (κ2) is 8.80. The lowest BCUT2D eigenvalue weighted by Crippen LogP contribution is -2.18. The topological polar surface area (TPSA) is 125 Å². The number of rotatable bonds is 7. The second-order valence-electron chi connectivity index (χ2n) is 5.38. The highest BCUT2D eigenvalue weighted by molar-refractivity contribution is 7.89. The van der Waals surface area contributed by atoms with Gasteiger partial charge in [-0.05, 0) is 36.2 Å². The van der Waals surface area contributed by atoms with Crippen LogP contribution in [-0.4, -0.2) is 20.9 Å². The molecule has 0 aliphatic heterocycles. The van der Waals surface area contributed by atoms with Crippen molar-refractivity contribution < 1.29 is 13.2 Å². The SMILES string of the molecule is N#C/C(=C/NCCc1ccccc1)C(=O)Nc1ccc(S(N)(=O)=O)cc1. The fourth-order valence-corrected chi connectivity index (χ4v) is 2.63. The Morgan fingerprint density at radius 3 is 2.35 bits per heavy atom. The first kappa shape index (κ1) is 19.2. The molecule has 26 heavy (non-hydrogen) atoms. The molecule has 0 spiro atoms. The van der Waals surface area contributed by atoms with Gasteiger partial charge in [-0.3, -0.25) is 4.79 Å². The molecule has 2 aromatic rings. The normalized spacial score (nSPS) is 11.5. The third-order valence-corrected chi connectivity index (χ3v) is 4.38. The number of nitriles is 1. The minimum absolute atomic E-state index is 0.0610. The van der Waals surface area contributed by atoms with Crippen LogP contribution in [0.25, 0.3) is 0 Å². The first-order valence-electron chi connectivity index (χ1n) is 7.72. The summed E-state index contributed by atoms with van der Waals surface area (Å²) in [5, 5.41) is 19.6. The van der Waals surface area contributed by atoms with Crippen LogP contribution in [0.1, 0.15) is 5.56 Å². The number of hydrogen-bond acceptors (Lipinski definition) is 5. The van der Waals surface area contributed by atoms with Crippen molar-refractivity contribution in [3.63, 3.8) is 0 Å². The van der Waals surface area contributed by atoms with Gasteiger partial charge in [-0.2, -0.15) is 5.26 Å². The minimum Gasteiger partial charge on any atom is -0.389 e. The first-order chi connectivity index (χ1) is 12.4. The Morgan fingerprint density at radius 1 is 1.12 bits per heavy atom. The fourth-order valence-electron chi connectivity index (χ4n) is 2.11. The molecule has 2 rings (SSSR count). The van der Waals surface area contributed by atoms with E-state index in [4.69, 9.17) is 10.4 Å². The zero-order valence-corrected chi connectivity index (χ0v) is 14.7. The number of hydrogen-bond donors (Lipinski definition) is 3. The van der Waals surface area contributed by atoms with Gasteiger partial charge in [-0.25, -0.2) is 13.6 Å². The average Bonchev–Trinajstić information content (AvgIpc) is 2.62. The van der Waals surface area contributed by atoms with Gasteiger partial charge in [0.15, 0.2) is 0 Å². The molecule has 8 heteroatoms. The number of sulfonamides is 1. The van der Waals surface area contributed by atoms with E-state index in [0.29, 0.717) is 12.2 Å². The highest BCUT2D eigenvalue weighted by Crippen LogP contribution is 2.13. The summed E-state index contributed by atoms with van der Waals surface area (Å²) in [6.07, 6.45) is 2.11. The van der Waals surface area contributed by atoms with Crippen LogP contribution in [0, 0.1) is 11.3 Å². The number of primary sulfonamides is 1. The summed E-state index contributed by atoms with van der Waals surface area (Å²) < 4.78 is 22.4. The van der Waals surface area contributed by atoms with Crippen LogP contribution >= 0.6 is 0 Å². The van der Waals surface area contributed by atoms with E-state index < -0.39 is 15.9 Å². The Bertz CT molecular complexity index is 931. The van der Waals surface area contributed by atoms with E-state index in [1.807, 2.05) is 36.4 Å². The second-order valence-corrected chi connectivity index (χ2v) is 6.94. The molecule has 0 atom stereocenters. The van der Waals surface area contributed by atoms with Crippen LogP contribution in [0.4, 0.5) is 5.69 Å². The van der Waals surface area contributed by atoms with Crippen molar-refractivity contribution >= 4 is 21.6 Å². The molecule has 0 aromatic heterocycles. The predicted octanol–water partition coefficient (Wildman–Crippen LogP) is 1.51. The van der Waals surface area contributed by atoms with Crippen molar-refractivity contribution in [3.8, 4) is 6.07 Å². The number of nitrogens with one attached hydrogen (secondary N) is 2. The summed E-state index contributed by atoms with van der Waals surface area (Å²) in [6, 6.07) is 17.0. The summed E-state index contributed by atoms with van der Waals surface area (Å²) in [6.45, 7) is 0.575. The van der Waals surface area contributed by atoms with Crippen molar-refractivity contribution in [2.45, 2.75) is 11.3 Å². The number of carbonyl (C=O) groups is 1. The molecule has 2 aromatic carbocycles. The van der Waals surface area contributed by atoms with Gasteiger partial charge in [0.2, 0.25) is 10.0 Å². The van der Waals surface area contributed by atoms with Gasteiger partial charge in [0.25, 0.3) is 5.91 Å². The highest BCUT2D eigenvalue weighted by Gasteiger charge is 2.11.